The predicted molar refractivity (Wildman–Crippen MR) is 433 cm³/mol. The Kier molecular flexibility index (Phi) is 30.5. The van der Waals surface area contributed by atoms with Crippen LogP contribution >= 0.6 is 0 Å². The average Bonchev–Trinajstić information content (AvgIpc) is 1.60. The Labute approximate surface area is 641 Å². The van der Waals surface area contributed by atoms with Crippen molar-refractivity contribution in [1.82, 2.24) is 33.8 Å². The first-order valence-corrected chi connectivity index (χ1v) is 38.3. The Balaban J connectivity index is 0.000000170. The number of phenols is 1. The SMILES string of the molecule is CC(C)Oc1ccc2[nH]cc(CCC(=O)O)c2c1.CC(C)Oc1ccc2[nH]cc(CN(C)C)c2c1.CC(C)Oc1ccc2[nH]ccc2c1.CC(C)Oc1ccc2c(c1)c(CCC(=O)O)cn2S(=O)(=O)c1ccccc1.CCOC(=O)C(Cc1c[nH]c2ccc(OC(C)C)cc12)C(=O)OCC.Oc1ccc2[nH]ccc2c1. The van der Waals surface area contributed by atoms with Crippen LogP contribution in [-0.4, -0.2) is 139 Å². The van der Waals surface area contributed by atoms with Crippen molar-refractivity contribution in [2.45, 2.75) is 157 Å². The summed E-state index contributed by atoms with van der Waals surface area (Å²) < 4.78 is 65.8. The van der Waals surface area contributed by atoms with Gasteiger partial charge in [0.2, 0.25) is 0 Å². The third-order valence-electron chi connectivity index (χ3n) is 16.5. The molecule has 0 spiro atoms. The molecule has 8 N–H and O–H groups in total. The van der Waals surface area contributed by atoms with Gasteiger partial charge in [-0.25, -0.2) is 12.4 Å². The second kappa shape index (κ2) is 40.0. The molecule has 13 aromatic rings. The van der Waals surface area contributed by atoms with Crippen molar-refractivity contribution >= 4 is 99.3 Å². The Morgan fingerprint density at radius 2 is 0.836 bits per heavy atom. The van der Waals surface area contributed by atoms with Crippen molar-refractivity contribution in [2.24, 2.45) is 5.92 Å². The number of nitrogens with one attached hydrogen (secondary N) is 5. The first-order valence-electron chi connectivity index (χ1n) is 36.8. The van der Waals surface area contributed by atoms with Crippen LogP contribution in [0, 0.1) is 5.92 Å². The first-order chi connectivity index (χ1) is 52.5. The number of esters is 2. The number of fused-ring (bicyclic) bond motifs is 6. The van der Waals surface area contributed by atoms with E-state index in [2.05, 4.69) is 62.2 Å². The van der Waals surface area contributed by atoms with Crippen molar-refractivity contribution in [3.05, 3.63) is 211 Å². The molecule has 23 nitrogen and oxygen atoms in total. The minimum atomic E-state index is -3.79. The van der Waals surface area contributed by atoms with Gasteiger partial charge in [-0.15, -0.1) is 0 Å². The zero-order chi connectivity index (χ0) is 79.8. The number of hydrogen-bond donors (Lipinski definition) is 8. The van der Waals surface area contributed by atoms with E-state index in [1.54, 1.807) is 68.6 Å². The molecule has 584 valence electrons. The summed E-state index contributed by atoms with van der Waals surface area (Å²) in [7, 11) is 0.363. The molecule has 110 heavy (non-hydrogen) atoms. The third kappa shape index (κ3) is 24.4. The fraction of sp³-hybridized carbons (Fsp3) is 0.326. The number of phenolic OH excluding ortho intramolecular Hbond substituents is 1. The van der Waals surface area contributed by atoms with Crippen LogP contribution in [0.25, 0.3) is 65.4 Å². The van der Waals surface area contributed by atoms with E-state index in [4.69, 9.17) is 48.5 Å². The van der Waals surface area contributed by atoms with Crippen molar-refractivity contribution < 1.29 is 76.1 Å². The number of aliphatic carboxylic acids is 2. The highest BCUT2D eigenvalue weighted by Gasteiger charge is 2.31. The molecule has 0 amide bonds. The Hall–Kier alpha value is -11.6. The van der Waals surface area contributed by atoms with E-state index in [-0.39, 0.29) is 74.3 Å². The lowest BCUT2D eigenvalue weighted by Gasteiger charge is -2.14. The highest BCUT2D eigenvalue weighted by molar-refractivity contribution is 7.90. The summed E-state index contributed by atoms with van der Waals surface area (Å²) >= 11 is 0. The Morgan fingerprint density at radius 1 is 0.445 bits per heavy atom. The number of nitrogens with zero attached hydrogens (tertiary/aromatic N) is 2. The van der Waals surface area contributed by atoms with Gasteiger partial charge >= 0.3 is 23.9 Å². The summed E-state index contributed by atoms with van der Waals surface area (Å²) in [5.74, 6) is 0.532. The normalized spacial score (nSPS) is 11.3. The minimum Gasteiger partial charge on any atom is -0.508 e. The second-order valence-electron chi connectivity index (χ2n) is 27.6. The topological polar surface area (TPSA) is 315 Å². The number of carboxylic acid groups (broad SMARTS) is 2. The van der Waals surface area contributed by atoms with Crippen LogP contribution in [0.2, 0.25) is 0 Å². The fourth-order valence-corrected chi connectivity index (χ4v) is 13.3. The zero-order valence-electron chi connectivity index (χ0n) is 65.0. The number of benzene rings is 7. The standard InChI is InChI=1S/C20H21NO5S.C19H25NO5.C14H20N2O.C14H17NO3.C11H13NO.C8H7NO/c1-14(2)26-16-9-10-19-18(12-16)15(8-11-20(22)23)13-21(19)27(24,25)17-6-4-3-5-7-17;1-5-23-18(21)16(19(22)24-6-2)9-13-11-20-17-8-7-14(10-15(13)17)25-12(3)4;1-10(2)17-12-5-6-14-13(7-12)11(8-15-14)9-16(3)4;1-9(2)18-11-4-5-13-12(7-11)10(8-15-13)3-6-14(16)17;1-8(2)13-10-3-4-11-9(7-10)5-6-12-11;10-7-1-2-8-6(5-7)3-4-9-8/h3-7,9-10,12-14H,8,11H2,1-2H3,(H,22,23);7-8,10-12,16,20H,5-6,9H2,1-4H3;5-8,10,15H,9H2,1-4H3;4-5,7-9,15H,3,6H2,1-2H3,(H,16,17);3-8,12H,1-2H3;1-5,9-10H. The summed E-state index contributed by atoms with van der Waals surface area (Å²) in [5, 5.41) is 32.9. The molecule has 6 aromatic heterocycles. The van der Waals surface area contributed by atoms with E-state index in [9.17, 15) is 27.6 Å². The maximum atomic E-state index is 13.1. The summed E-state index contributed by atoms with van der Waals surface area (Å²) in [6.07, 6.45) is 12.7. The number of aryl methyl sites for hydroxylation is 2. The van der Waals surface area contributed by atoms with Gasteiger partial charge in [0.05, 0.1) is 54.1 Å². The molecule has 0 saturated heterocycles. The van der Waals surface area contributed by atoms with Gasteiger partial charge in [0.1, 0.15) is 34.5 Å². The number of hydrogen-bond acceptors (Lipinski definition) is 15. The molecule has 0 bridgehead atoms. The van der Waals surface area contributed by atoms with Gasteiger partial charge in [-0.1, -0.05) is 18.2 Å². The molecule has 0 saturated carbocycles. The molecule has 0 aliphatic carbocycles. The number of H-pyrrole nitrogens is 5. The van der Waals surface area contributed by atoms with Crippen LogP contribution in [0.5, 0.6) is 34.5 Å². The van der Waals surface area contributed by atoms with E-state index in [1.807, 2.05) is 167 Å². The Morgan fingerprint density at radius 3 is 1.29 bits per heavy atom. The number of aromatic nitrogens is 6. The van der Waals surface area contributed by atoms with Crippen LogP contribution in [0.1, 0.15) is 118 Å². The Bertz CT molecular complexity index is 5240. The number of rotatable bonds is 26. The van der Waals surface area contributed by atoms with Crippen LogP contribution in [0.15, 0.2) is 194 Å². The largest absolute Gasteiger partial charge is 0.508 e. The molecule has 0 aliphatic rings. The maximum Gasteiger partial charge on any atom is 0.320 e. The molecule has 0 radical (unpaired) electrons. The highest BCUT2D eigenvalue weighted by atomic mass is 32.2. The van der Waals surface area contributed by atoms with Gasteiger partial charge in [-0.05, 0) is 272 Å². The minimum absolute atomic E-state index is 0.0277. The van der Waals surface area contributed by atoms with Crippen LogP contribution in [-0.2, 0) is 64.5 Å². The van der Waals surface area contributed by atoms with E-state index in [1.165, 1.54) is 38.6 Å². The number of carboxylic acids is 2. The maximum absolute atomic E-state index is 13.1. The van der Waals surface area contributed by atoms with Gasteiger partial charge < -0.3 is 78.3 Å². The second-order valence-corrected chi connectivity index (χ2v) is 29.4. The molecule has 0 atom stereocenters. The summed E-state index contributed by atoms with van der Waals surface area (Å²) in [5.41, 5.74) is 9.60. The number of carbonyl (C=O) groups is 4. The van der Waals surface area contributed by atoms with E-state index in [0.717, 1.165) is 84.4 Å². The van der Waals surface area contributed by atoms with Crippen LogP contribution in [0.3, 0.4) is 0 Å². The third-order valence-corrected chi connectivity index (χ3v) is 18.2. The molecule has 24 heteroatoms. The van der Waals surface area contributed by atoms with E-state index < -0.39 is 39.8 Å². The predicted octanol–water partition coefficient (Wildman–Crippen LogP) is 17.7. The molecule has 7 aromatic carbocycles. The van der Waals surface area contributed by atoms with E-state index in [0.29, 0.717) is 34.4 Å². The van der Waals surface area contributed by atoms with Gasteiger partial charge in [0.25, 0.3) is 10.0 Å². The van der Waals surface area contributed by atoms with Gasteiger partial charge in [0.15, 0.2) is 5.92 Å². The zero-order valence-corrected chi connectivity index (χ0v) is 65.8. The van der Waals surface area contributed by atoms with Crippen molar-refractivity contribution in [3.8, 4) is 34.5 Å². The van der Waals surface area contributed by atoms with Crippen molar-refractivity contribution in [2.75, 3.05) is 27.3 Å². The molecule has 0 fully saturated rings. The molecule has 6 heterocycles. The smallest absolute Gasteiger partial charge is 0.320 e. The molecule has 0 aliphatic heterocycles. The number of aromatic hydroxyl groups is 1. The van der Waals surface area contributed by atoms with Gasteiger partial charge in [-0.3, -0.25) is 19.2 Å². The fourth-order valence-electron chi connectivity index (χ4n) is 11.9. The van der Waals surface area contributed by atoms with Crippen LogP contribution in [0.4, 0.5) is 0 Å². The quantitative estimate of drug-likeness (QED) is 0.0184. The average molecular weight is 1520 g/mol. The molecule has 0 unspecified atom stereocenters. The molecule has 13 rings (SSSR count). The van der Waals surface area contributed by atoms with Crippen molar-refractivity contribution in [3.63, 3.8) is 0 Å². The van der Waals surface area contributed by atoms with Crippen LogP contribution < -0.4 is 23.7 Å². The lowest BCUT2D eigenvalue weighted by atomic mass is 9.99. The van der Waals surface area contributed by atoms with E-state index >= 15 is 0 Å². The number of ether oxygens (including phenoxy) is 7. The van der Waals surface area contributed by atoms with Crippen molar-refractivity contribution in [1.29, 1.82) is 0 Å². The lowest BCUT2D eigenvalue weighted by Crippen LogP contribution is -2.30. The summed E-state index contributed by atoms with van der Waals surface area (Å²) in [6, 6.07) is 46.4. The number of aromatic amines is 5. The first kappa shape index (κ1) is 84.0. The highest BCUT2D eigenvalue weighted by Crippen LogP contribution is 2.33. The van der Waals surface area contributed by atoms with Gasteiger partial charge in [-0.2, -0.15) is 0 Å². The summed E-state index contributed by atoms with van der Waals surface area (Å²) in [4.78, 5) is 64.1. The summed E-state index contributed by atoms with van der Waals surface area (Å²) in [6.45, 7) is 24.6. The number of carbonyl (C=O) groups excluding carboxylic acids is 2. The monoisotopic (exact) mass is 1520 g/mol. The van der Waals surface area contributed by atoms with Gasteiger partial charge in [0, 0.05) is 116 Å². The molecular weight excluding hydrogens is 1420 g/mol. The lowest BCUT2D eigenvalue weighted by molar-refractivity contribution is -0.161. The molecular formula is C86H103N7O16S.